The van der Waals surface area contributed by atoms with Crippen molar-refractivity contribution in [3.63, 3.8) is 0 Å². The predicted molar refractivity (Wildman–Crippen MR) is 116 cm³/mol. The van der Waals surface area contributed by atoms with Crippen LogP contribution in [-0.2, 0) is 4.79 Å². The molecule has 0 bridgehead atoms. The lowest BCUT2D eigenvalue weighted by atomic mass is 10.0. The van der Waals surface area contributed by atoms with Crippen molar-refractivity contribution in [2.75, 3.05) is 31.5 Å². The Kier molecular flexibility index (Phi) is 6.03. The molecule has 1 atom stereocenters. The second-order valence-electron chi connectivity index (χ2n) is 6.97. The van der Waals surface area contributed by atoms with Gasteiger partial charge in [0.25, 0.3) is 5.91 Å². The van der Waals surface area contributed by atoms with Gasteiger partial charge in [0.2, 0.25) is 5.91 Å². The van der Waals surface area contributed by atoms with Crippen molar-refractivity contribution >= 4 is 28.8 Å². The number of nitrogens with one attached hydrogen (secondary N) is 1. The van der Waals surface area contributed by atoms with E-state index in [-0.39, 0.29) is 11.8 Å². The van der Waals surface area contributed by atoms with Crippen LogP contribution in [0.15, 0.2) is 78.2 Å². The lowest BCUT2D eigenvalue weighted by molar-refractivity contribution is -0.122. The van der Waals surface area contributed by atoms with E-state index in [2.05, 4.69) is 10.2 Å². The molecule has 1 aliphatic heterocycles. The molecule has 1 fully saturated rings. The van der Waals surface area contributed by atoms with E-state index in [1.54, 1.807) is 0 Å². The summed E-state index contributed by atoms with van der Waals surface area (Å²) in [5.41, 5.74) is 1.74. The topological polar surface area (TPSA) is 52.7 Å². The Balaban J connectivity index is 1.49. The molecule has 0 aliphatic carbocycles. The van der Waals surface area contributed by atoms with Crippen LogP contribution in [-0.4, -0.2) is 47.8 Å². The van der Waals surface area contributed by atoms with Gasteiger partial charge in [0, 0.05) is 31.9 Å². The molecule has 1 N–H and O–H groups in total. The van der Waals surface area contributed by atoms with Gasteiger partial charge >= 0.3 is 0 Å². The van der Waals surface area contributed by atoms with Gasteiger partial charge in [-0.15, -0.1) is 11.3 Å². The summed E-state index contributed by atoms with van der Waals surface area (Å²) in [5.74, 6) is 0.0186. The normalized spacial score (nSPS) is 15.7. The van der Waals surface area contributed by atoms with Crippen LogP contribution in [0, 0.1) is 0 Å². The zero-order valence-corrected chi connectivity index (χ0v) is 16.8. The van der Waals surface area contributed by atoms with Crippen LogP contribution in [0.2, 0.25) is 0 Å². The number of para-hydroxylation sites is 1. The van der Waals surface area contributed by atoms with E-state index in [4.69, 9.17) is 0 Å². The Morgan fingerprint density at radius 3 is 2.10 bits per heavy atom. The van der Waals surface area contributed by atoms with E-state index in [1.807, 2.05) is 83.1 Å². The van der Waals surface area contributed by atoms with Crippen molar-refractivity contribution in [1.82, 2.24) is 9.80 Å². The Labute approximate surface area is 174 Å². The van der Waals surface area contributed by atoms with Crippen molar-refractivity contribution in [2.24, 2.45) is 0 Å². The summed E-state index contributed by atoms with van der Waals surface area (Å²) in [4.78, 5) is 30.6. The van der Waals surface area contributed by atoms with Gasteiger partial charge in [-0.2, -0.15) is 0 Å². The minimum absolute atomic E-state index is 0.0552. The SMILES string of the molecule is O=C(Nc1ccccc1)C(c1ccccc1)N1CCN(C(=O)c2cccs2)CC1. The Bertz CT molecular complexity index is 937. The van der Waals surface area contributed by atoms with Crippen molar-refractivity contribution < 1.29 is 9.59 Å². The summed E-state index contributed by atoms with van der Waals surface area (Å²) in [7, 11) is 0. The molecule has 0 radical (unpaired) electrons. The third-order valence-electron chi connectivity index (χ3n) is 5.10. The van der Waals surface area contributed by atoms with E-state index in [9.17, 15) is 9.59 Å². The third-order valence-corrected chi connectivity index (χ3v) is 5.96. The van der Waals surface area contributed by atoms with Crippen molar-refractivity contribution in [1.29, 1.82) is 0 Å². The zero-order chi connectivity index (χ0) is 20.1. The number of carbonyl (C=O) groups is 2. The van der Waals surface area contributed by atoms with Crippen LogP contribution in [0.1, 0.15) is 21.3 Å². The van der Waals surface area contributed by atoms with Crippen LogP contribution < -0.4 is 5.32 Å². The second kappa shape index (κ2) is 9.03. The van der Waals surface area contributed by atoms with E-state index in [0.29, 0.717) is 26.2 Å². The zero-order valence-electron chi connectivity index (χ0n) is 16.0. The summed E-state index contributed by atoms with van der Waals surface area (Å²) >= 11 is 1.47. The third kappa shape index (κ3) is 4.55. The van der Waals surface area contributed by atoms with Gasteiger partial charge in [-0.3, -0.25) is 14.5 Å². The molecule has 1 aliphatic rings. The first-order chi connectivity index (χ1) is 14.2. The molecule has 1 saturated heterocycles. The fourth-order valence-corrected chi connectivity index (χ4v) is 4.33. The largest absolute Gasteiger partial charge is 0.335 e. The van der Waals surface area contributed by atoms with Gasteiger partial charge in [-0.05, 0) is 29.1 Å². The molecule has 2 aromatic carbocycles. The van der Waals surface area contributed by atoms with Gasteiger partial charge in [-0.1, -0.05) is 54.6 Å². The number of nitrogens with zero attached hydrogens (tertiary/aromatic N) is 2. The lowest BCUT2D eigenvalue weighted by Crippen LogP contribution is -2.51. The number of benzene rings is 2. The maximum atomic E-state index is 13.2. The monoisotopic (exact) mass is 405 g/mol. The molecule has 29 heavy (non-hydrogen) atoms. The quantitative estimate of drug-likeness (QED) is 0.701. The summed E-state index contributed by atoms with van der Waals surface area (Å²) in [6.07, 6.45) is 0. The Morgan fingerprint density at radius 2 is 1.48 bits per heavy atom. The van der Waals surface area contributed by atoms with Gasteiger partial charge in [0.05, 0.1) is 4.88 Å². The minimum atomic E-state index is -0.393. The van der Waals surface area contributed by atoms with E-state index >= 15 is 0 Å². The molecule has 6 heteroatoms. The summed E-state index contributed by atoms with van der Waals surface area (Å²) < 4.78 is 0. The molecule has 1 unspecified atom stereocenters. The number of rotatable bonds is 5. The highest BCUT2D eigenvalue weighted by molar-refractivity contribution is 7.12. The maximum Gasteiger partial charge on any atom is 0.264 e. The number of hydrogen-bond donors (Lipinski definition) is 1. The van der Waals surface area contributed by atoms with Crippen LogP contribution in [0.5, 0.6) is 0 Å². The molecule has 0 saturated carbocycles. The summed E-state index contributed by atoms with van der Waals surface area (Å²) in [6, 6.07) is 22.7. The standard InChI is InChI=1S/C23H23N3O2S/c27-22(24-19-10-5-2-6-11-19)21(18-8-3-1-4-9-18)25-13-15-26(16-14-25)23(28)20-12-7-17-29-20/h1-12,17,21H,13-16H2,(H,24,27). The van der Waals surface area contributed by atoms with Gasteiger partial charge < -0.3 is 10.2 Å². The molecule has 1 aromatic heterocycles. The maximum absolute atomic E-state index is 13.2. The highest BCUT2D eigenvalue weighted by Crippen LogP contribution is 2.25. The summed E-state index contributed by atoms with van der Waals surface area (Å²) in [6.45, 7) is 2.52. The molecule has 148 valence electrons. The lowest BCUT2D eigenvalue weighted by Gasteiger charge is -2.38. The average molecular weight is 406 g/mol. The first kappa shape index (κ1) is 19.4. The summed E-state index contributed by atoms with van der Waals surface area (Å²) in [5, 5.41) is 4.95. The van der Waals surface area contributed by atoms with Crippen LogP contribution in [0.25, 0.3) is 0 Å². The van der Waals surface area contributed by atoms with Gasteiger partial charge in [0.15, 0.2) is 0 Å². The first-order valence-corrected chi connectivity index (χ1v) is 10.6. The fraction of sp³-hybridized carbons (Fsp3) is 0.217. The number of anilines is 1. The van der Waals surface area contributed by atoms with Gasteiger partial charge in [0.1, 0.15) is 6.04 Å². The molecular formula is C23H23N3O2S. The fourth-order valence-electron chi connectivity index (χ4n) is 3.63. The molecule has 3 aromatic rings. The average Bonchev–Trinajstić information content (AvgIpc) is 3.30. The molecule has 5 nitrogen and oxygen atoms in total. The van der Waals surface area contributed by atoms with E-state index < -0.39 is 6.04 Å². The van der Waals surface area contributed by atoms with Gasteiger partial charge in [-0.25, -0.2) is 0 Å². The predicted octanol–water partition coefficient (Wildman–Crippen LogP) is 3.89. The van der Waals surface area contributed by atoms with Crippen molar-refractivity contribution in [3.8, 4) is 0 Å². The second-order valence-corrected chi connectivity index (χ2v) is 7.92. The number of carbonyl (C=O) groups excluding carboxylic acids is 2. The number of thiophene rings is 1. The molecule has 2 amide bonds. The van der Waals surface area contributed by atoms with Crippen LogP contribution >= 0.6 is 11.3 Å². The van der Waals surface area contributed by atoms with Crippen LogP contribution in [0.3, 0.4) is 0 Å². The number of piperazine rings is 1. The number of amides is 2. The number of hydrogen-bond acceptors (Lipinski definition) is 4. The highest BCUT2D eigenvalue weighted by atomic mass is 32.1. The first-order valence-electron chi connectivity index (χ1n) is 9.70. The molecular weight excluding hydrogens is 382 g/mol. The Morgan fingerprint density at radius 1 is 0.828 bits per heavy atom. The highest BCUT2D eigenvalue weighted by Gasteiger charge is 2.32. The minimum Gasteiger partial charge on any atom is -0.335 e. The molecule has 2 heterocycles. The smallest absolute Gasteiger partial charge is 0.264 e. The van der Waals surface area contributed by atoms with Crippen molar-refractivity contribution in [2.45, 2.75) is 6.04 Å². The van der Waals surface area contributed by atoms with Crippen LogP contribution in [0.4, 0.5) is 5.69 Å². The molecule has 0 spiro atoms. The van der Waals surface area contributed by atoms with E-state index in [0.717, 1.165) is 16.1 Å². The molecule has 4 rings (SSSR count). The van der Waals surface area contributed by atoms with Crippen molar-refractivity contribution in [3.05, 3.63) is 88.6 Å². The van der Waals surface area contributed by atoms with E-state index in [1.165, 1.54) is 11.3 Å². The Hall–Kier alpha value is -2.96.